The molecule has 1 amide bonds. The van der Waals surface area contributed by atoms with Crippen LogP contribution in [0, 0.1) is 0 Å². The first kappa shape index (κ1) is 33.3. The minimum absolute atomic E-state index is 0.00856. The van der Waals surface area contributed by atoms with Gasteiger partial charge in [0, 0.05) is 17.7 Å². The number of nitrogens with one attached hydrogen (secondary N) is 1. The second-order valence-electron chi connectivity index (χ2n) is 11.4. The molecule has 45 heavy (non-hydrogen) atoms. The van der Waals surface area contributed by atoms with E-state index in [9.17, 15) is 31.2 Å². The number of rotatable bonds is 9. The second-order valence-corrected chi connectivity index (χ2v) is 13.0. The van der Waals surface area contributed by atoms with Crippen molar-refractivity contribution in [3.05, 3.63) is 94.2 Å². The molecule has 0 unspecified atom stereocenters. The SMILES string of the molecule is CCCCc1nn(-c2ccc(N)cc2C(F)(F)F)c(=O)n1Cc1ccc(-c2ccccc2S(=O)(=O)NC(=O)OC(C)(C)C)cc1. The third-order valence-electron chi connectivity index (χ3n) is 6.65. The Bertz CT molecular complexity index is 1860. The van der Waals surface area contributed by atoms with Crippen LogP contribution in [0.1, 0.15) is 57.5 Å². The van der Waals surface area contributed by atoms with Gasteiger partial charge in [0.25, 0.3) is 10.0 Å². The Hall–Kier alpha value is -4.59. The van der Waals surface area contributed by atoms with Gasteiger partial charge in [0.05, 0.1) is 22.7 Å². The number of carbonyl (C=O) groups excluding carboxylic acids is 1. The molecule has 0 spiro atoms. The normalized spacial score (nSPS) is 12.2. The number of amides is 1. The lowest BCUT2D eigenvalue weighted by atomic mass is 10.0. The molecule has 3 N–H and O–H groups in total. The van der Waals surface area contributed by atoms with Crippen LogP contribution in [0.15, 0.2) is 76.4 Å². The number of hydrogen-bond donors (Lipinski definition) is 2. The van der Waals surface area contributed by atoms with E-state index in [2.05, 4.69) is 5.10 Å². The number of sulfonamides is 1. The molecule has 0 saturated heterocycles. The van der Waals surface area contributed by atoms with E-state index in [1.54, 1.807) is 57.2 Å². The molecule has 14 heteroatoms. The van der Waals surface area contributed by atoms with Gasteiger partial charge in [-0.15, -0.1) is 5.10 Å². The molecule has 1 aromatic heterocycles. The first-order chi connectivity index (χ1) is 21.0. The maximum atomic E-state index is 13.8. The number of benzene rings is 3. The number of alkyl halides is 3. The van der Waals surface area contributed by atoms with Gasteiger partial charge in [0.2, 0.25) is 0 Å². The highest BCUT2D eigenvalue weighted by Gasteiger charge is 2.35. The highest BCUT2D eigenvalue weighted by molar-refractivity contribution is 7.90. The number of unbranched alkanes of at least 4 members (excludes halogenated alkanes) is 1. The molecular formula is C31H34F3N5O5S. The smallest absolute Gasteiger partial charge is 0.421 e. The molecule has 0 radical (unpaired) electrons. The number of nitrogens with two attached hydrogens (primary N) is 1. The van der Waals surface area contributed by atoms with Crippen molar-refractivity contribution in [1.29, 1.82) is 0 Å². The van der Waals surface area contributed by atoms with Crippen LogP contribution in [0.5, 0.6) is 0 Å². The number of aryl methyl sites for hydroxylation is 1. The summed E-state index contributed by atoms with van der Waals surface area (Å²) in [5.74, 6) is 0.320. The van der Waals surface area contributed by atoms with Crippen molar-refractivity contribution in [1.82, 2.24) is 19.1 Å². The first-order valence-electron chi connectivity index (χ1n) is 14.1. The van der Waals surface area contributed by atoms with Crippen LogP contribution in [0.2, 0.25) is 0 Å². The monoisotopic (exact) mass is 645 g/mol. The molecule has 0 bridgehead atoms. The average Bonchev–Trinajstić information content (AvgIpc) is 3.25. The van der Waals surface area contributed by atoms with Gasteiger partial charge in [-0.1, -0.05) is 55.8 Å². The van der Waals surface area contributed by atoms with Crippen molar-refractivity contribution in [2.24, 2.45) is 0 Å². The molecule has 0 aliphatic carbocycles. The summed E-state index contributed by atoms with van der Waals surface area (Å²) in [6.45, 7) is 6.78. The Labute approximate surface area is 258 Å². The molecule has 4 aromatic rings. The van der Waals surface area contributed by atoms with Gasteiger partial charge in [0.1, 0.15) is 11.4 Å². The van der Waals surface area contributed by atoms with Gasteiger partial charge in [-0.3, -0.25) is 4.57 Å². The number of carbonyl (C=O) groups is 1. The van der Waals surface area contributed by atoms with Crippen LogP contribution in [0.3, 0.4) is 0 Å². The summed E-state index contributed by atoms with van der Waals surface area (Å²) in [5.41, 5.74) is 3.81. The third-order valence-corrected chi connectivity index (χ3v) is 8.02. The van der Waals surface area contributed by atoms with E-state index in [-0.39, 0.29) is 17.1 Å². The van der Waals surface area contributed by atoms with E-state index in [4.69, 9.17) is 10.5 Å². The fourth-order valence-corrected chi connectivity index (χ4v) is 5.72. The fourth-order valence-electron chi connectivity index (χ4n) is 4.61. The van der Waals surface area contributed by atoms with E-state index in [0.717, 1.165) is 23.2 Å². The predicted molar refractivity (Wildman–Crippen MR) is 163 cm³/mol. The number of nitrogens with zero attached hydrogens (tertiary/aromatic N) is 3. The first-order valence-corrected chi connectivity index (χ1v) is 15.6. The Morgan fingerprint density at radius 3 is 2.31 bits per heavy atom. The van der Waals surface area contributed by atoms with Crippen molar-refractivity contribution in [3.8, 4) is 16.8 Å². The van der Waals surface area contributed by atoms with E-state index in [0.29, 0.717) is 35.4 Å². The zero-order valence-corrected chi connectivity index (χ0v) is 26.0. The van der Waals surface area contributed by atoms with E-state index in [1.165, 1.54) is 22.8 Å². The highest BCUT2D eigenvalue weighted by atomic mass is 32.2. The van der Waals surface area contributed by atoms with Gasteiger partial charge in [-0.2, -0.15) is 17.9 Å². The van der Waals surface area contributed by atoms with Crippen LogP contribution < -0.4 is 16.1 Å². The predicted octanol–water partition coefficient (Wildman–Crippen LogP) is 5.91. The molecule has 10 nitrogen and oxygen atoms in total. The lowest BCUT2D eigenvalue weighted by Crippen LogP contribution is -2.36. The minimum atomic E-state index is -4.76. The Balaban J connectivity index is 1.68. The number of nitrogen functional groups attached to an aromatic ring is 1. The lowest BCUT2D eigenvalue weighted by Gasteiger charge is -2.20. The van der Waals surface area contributed by atoms with E-state index >= 15 is 0 Å². The molecule has 0 fully saturated rings. The number of aromatic nitrogens is 3. The van der Waals surface area contributed by atoms with Gasteiger partial charge in [-0.25, -0.2) is 22.7 Å². The Morgan fingerprint density at radius 2 is 1.69 bits per heavy atom. The summed E-state index contributed by atoms with van der Waals surface area (Å²) in [4.78, 5) is 25.5. The molecule has 240 valence electrons. The van der Waals surface area contributed by atoms with Crippen molar-refractivity contribution in [2.45, 2.75) is 70.2 Å². The molecule has 0 aliphatic heterocycles. The lowest BCUT2D eigenvalue weighted by molar-refractivity contribution is -0.137. The zero-order valence-electron chi connectivity index (χ0n) is 25.2. The summed E-state index contributed by atoms with van der Waals surface area (Å²) < 4.78 is 76.8. The van der Waals surface area contributed by atoms with Crippen molar-refractivity contribution in [2.75, 3.05) is 5.73 Å². The second kappa shape index (κ2) is 12.8. The van der Waals surface area contributed by atoms with E-state index in [1.807, 2.05) is 11.6 Å². The standard InChI is InChI=1S/C31H34F3N5O5S/c1-5-6-11-27-36-39(25-17-16-22(35)18-24(25)31(32,33)34)29(41)38(27)19-20-12-14-21(15-13-20)23-9-7-8-10-26(23)45(42,43)37-28(40)44-30(2,3)4/h7-10,12-18H,5-6,11,19,35H2,1-4H3,(H,37,40). The Morgan fingerprint density at radius 1 is 1.02 bits per heavy atom. The summed E-state index contributed by atoms with van der Waals surface area (Å²) in [5, 5.41) is 4.28. The highest BCUT2D eigenvalue weighted by Crippen LogP contribution is 2.35. The number of halogens is 3. The van der Waals surface area contributed by atoms with Crippen LogP contribution in [-0.4, -0.2) is 34.5 Å². The van der Waals surface area contributed by atoms with E-state index < -0.39 is 44.8 Å². The molecule has 0 saturated carbocycles. The summed E-state index contributed by atoms with van der Waals surface area (Å²) in [6, 6.07) is 15.9. The van der Waals surface area contributed by atoms with Gasteiger partial charge in [0.15, 0.2) is 0 Å². The molecule has 3 aromatic carbocycles. The zero-order chi connectivity index (χ0) is 33.2. The average molecular weight is 646 g/mol. The van der Waals surface area contributed by atoms with Gasteiger partial charge < -0.3 is 10.5 Å². The molecule has 1 heterocycles. The summed E-state index contributed by atoms with van der Waals surface area (Å²) in [7, 11) is -4.30. The maximum Gasteiger partial charge on any atom is 0.421 e. The molecule has 0 atom stereocenters. The summed E-state index contributed by atoms with van der Waals surface area (Å²) >= 11 is 0. The topological polar surface area (TPSA) is 138 Å². The number of ether oxygens (including phenoxy) is 1. The minimum Gasteiger partial charge on any atom is -0.443 e. The van der Waals surface area contributed by atoms with Crippen LogP contribution >= 0.6 is 0 Å². The van der Waals surface area contributed by atoms with Gasteiger partial charge in [-0.05, 0) is 62.6 Å². The fraction of sp³-hybridized carbons (Fsp3) is 0.323. The molecular weight excluding hydrogens is 611 g/mol. The van der Waals surface area contributed by atoms with Crippen molar-refractivity contribution < 1.29 is 31.1 Å². The number of hydrogen-bond acceptors (Lipinski definition) is 7. The summed E-state index contributed by atoms with van der Waals surface area (Å²) in [6.07, 6.45) is -4.08. The molecule has 4 rings (SSSR count). The Kier molecular flexibility index (Phi) is 9.47. The van der Waals surface area contributed by atoms with Crippen molar-refractivity contribution >= 4 is 21.8 Å². The van der Waals surface area contributed by atoms with Crippen molar-refractivity contribution in [3.63, 3.8) is 0 Å². The quantitative estimate of drug-likeness (QED) is 0.216. The van der Waals surface area contributed by atoms with Crippen LogP contribution in [0.25, 0.3) is 16.8 Å². The third kappa shape index (κ3) is 7.93. The number of anilines is 1. The molecule has 0 aliphatic rings. The van der Waals surface area contributed by atoms with Crippen LogP contribution in [0.4, 0.5) is 23.7 Å². The maximum absolute atomic E-state index is 13.8. The largest absolute Gasteiger partial charge is 0.443 e. The van der Waals surface area contributed by atoms with Gasteiger partial charge >= 0.3 is 18.0 Å². The van der Waals surface area contributed by atoms with Crippen LogP contribution in [-0.2, 0) is 33.9 Å².